The summed E-state index contributed by atoms with van der Waals surface area (Å²) in [5.41, 5.74) is 2.71. The smallest absolute Gasteiger partial charge is 0.268 e. The van der Waals surface area contributed by atoms with E-state index >= 15 is 0 Å². The Kier molecular flexibility index (Phi) is 1.47. The molecule has 0 amide bonds. The van der Waals surface area contributed by atoms with Crippen LogP contribution in [0.4, 0.5) is 0 Å². The van der Waals surface area contributed by atoms with E-state index in [2.05, 4.69) is 5.53 Å². The SMILES string of the molecule is O=[N+]1NN2CC=CN3C=CC=CC1N32. The molecule has 1 fully saturated rings. The minimum Gasteiger partial charge on any atom is -0.268 e. The van der Waals surface area contributed by atoms with Crippen molar-refractivity contribution in [3.8, 4) is 0 Å². The van der Waals surface area contributed by atoms with E-state index in [0.717, 1.165) is 4.87 Å². The molecule has 0 spiro atoms. The Morgan fingerprint density at radius 2 is 2.29 bits per heavy atom. The lowest BCUT2D eigenvalue weighted by molar-refractivity contribution is -0.627. The van der Waals surface area contributed by atoms with Crippen molar-refractivity contribution < 1.29 is 4.87 Å². The predicted octanol–water partition coefficient (Wildman–Crippen LogP) is -0.129. The summed E-state index contributed by atoms with van der Waals surface area (Å²) in [6.07, 6.45) is 11.1. The largest absolute Gasteiger partial charge is 0.341 e. The van der Waals surface area contributed by atoms with Crippen molar-refractivity contribution in [2.75, 3.05) is 6.54 Å². The van der Waals surface area contributed by atoms with Crippen LogP contribution in [-0.2, 0) is 0 Å². The Bertz CT molecular complexity index is 361. The van der Waals surface area contributed by atoms with Gasteiger partial charge in [-0.3, -0.25) is 5.01 Å². The molecule has 0 aromatic carbocycles. The first-order valence-electron chi connectivity index (χ1n) is 4.45. The van der Waals surface area contributed by atoms with Crippen molar-refractivity contribution in [1.29, 1.82) is 0 Å². The van der Waals surface area contributed by atoms with Crippen molar-refractivity contribution in [3.63, 3.8) is 0 Å². The minimum absolute atomic E-state index is 0.310. The molecule has 3 heterocycles. The first kappa shape index (κ1) is 7.72. The Balaban J connectivity index is 2.05. The molecule has 1 saturated heterocycles. The van der Waals surface area contributed by atoms with Crippen LogP contribution in [-0.4, -0.2) is 32.8 Å². The maximum absolute atomic E-state index is 11.5. The van der Waals surface area contributed by atoms with Gasteiger partial charge in [-0.15, -0.1) is 0 Å². The maximum Gasteiger partial charge on any atom is 0.341 e. The molecule has 0 radical (unpaired) electrons. The third kappa shape index (κ3) is 0.918. The number of nitrogens with one attached hydrogen (secondary N) is 1. The van der Waals surface area contributed by atoms with E-state index in [1.165, 1.54) is 0 Å². The summed E-state index contributed by atoms with van der Waals surface area (Å²) in [6.45, 7) is 0.688. The summed E-state index contributed by atoms with van der Waals surface area (Å²) >= 11 is 0. The standard InChI is InChI=1S/C8H10N5O/c14-12-8-4-1-2-5-10-6-3-7-11(9-12)13(8)10/h1-6,8H,7H2,(H,9,14)/q+1. The molecule has 0 bridgehead atoms. The van der Waals surface area contributed by atoms with Gasteiger partial charge in [0, 0.05) is 18.5 Å². The number of rotatable bonds is 0. The van der Waals surface area contributed by atoms with Crippen LogP contribution in [0.2, 0.25) is 0 Å². The number of nitroso groups, excluding NO2 is 1. The molecule has 6 heteroatoms. The van der Waals surface area contributed by atoms with Gasteiger partial charge in [-0.05, 0) is 17.3 Å². The highest BCUT2D eigenvalue weighted by Crippen LogP contribution is 2.21. The number of hydrazine groups is 4. The minimum atomic E-state index is -0.310. The van der Waals surface area contributed by atoms with E-state index in [4.69, 9.17) is 0 Å². The topological polar surface area (TPSA) is 41.8 Å². The first-order chi connectivity index (χ1) is 6.86. The summed E-state index contributed by atoms with van der Waals surface area (Å²) in [7, 11) is 0. The summed E-state index contributed by atoms with van der Waals surface area (Å²) in [4.78, 5) is 12.3. The van der Waals surface area contributed by atoms with E-state index in [1.807, 2.05) is 46.8 Å². The molecule has 0 aromatic rings. The number of allylic oxidation sites excluding steroid dienone is 2. The molecule has 0 aliphatic carbocycles. The lowest BCUT2D eigenvalue weighted by atomic mass is 10.4. The molecule has 0 aromatic heterocycles. The van der Waals surface area contributed by atoms with E-state index in [0.29, 0.717) is 6.54 Å². The Morgan fingerprint density at radius 1 is 1.36 bits per heavy atom. The molecule has 72 valence electrons. The Labute approximate surface area is 80.8 Å². The van der Waals surface area contributed by atoms with Crippen LogP contribution < -0.4 is 5.53 Å². The quantitative estimate of drug-likeness (QED) is 0.541. The average Bonchev–Trinajstić information content (AvgIpc) is 2.39. The number of nitrogens with zero attached hydrogens (tertiary/aromatic N) is 4. The number of hydrogen-bond acceptors (Lipinski definition) is 4. The van der Waals surface area contributed by atoms with Crippen molar-refractivity contribution in [2.24, 2.45) is 0 Å². The van der Waals surface area contributed by atoms with Gasteiger partial charge >= 0.3 is 6.17 Å². The molecule has 3 rings (SSSR count). The molecule has 6 nitrogen and oxygen atoms in total. The van der Waals surface area contributed by atoms with Crippen LogP contribution in [0.5, 0.6) is 0 Å². The number of hydrogen-bond donors (Lipinski definition) is 1. The van der Waals surface area contributed by atoms with Crippen molar-refractivity contribution in [1.82, 2.24) is 20.8 Å². The summed E-state index contributed by atoms with van der Waals surface area (Å²) in [5.74, 6) is 0. The fourth-order valence-corrected chi connectivity index (χ4v) is 1.74. The third-order valence-electron chi connectivity index (χ3n) is 2.34. The molecular weight excluding hydrogens is 182 g/mol. The zero-order valence-electron chi connectivity index (χ0n) is 7.45. The molecule has 1 unspecified atom stereocenters. The van der Waals surface area contributed by atoms with Gasteiger partial charge in [-0.25, -0.2) is 0 Å². The van der Waals surface area contributed by atoms with Gasteiger partial charge in [0.15, 0.2) is 4.87 Å². The van der Waals surface area contributed by atoms with E-state index < -0.39 is 0 Å². The van der Waals surface area contributed by atoms with E-state index in [-0.39, 0.29) is 6.17 Å². The van der Waals surface area contributed by atoms with Crippen molar-refractivity contribution in [2.45, 2.75) is 6.17 Å². The molecule has 0 saturated carbocycles. The van der Waals surface area contributed by atoms with Crippen LogP contribution in [0.25, 0.3) is 0 Å². The zero-order chi connectivity index (χ0) is 9.54. The second-order valence-corrected chi connectivity index (χ2v) is 3.23. The van der Waals surface area contributed by atoms with Gasteiger partial charge in [-0.1, -0.05) is 16.7 Å². The van der Waals surface area contributed by atoms with Crippen LogP contribution >= 0.6 is 0 Å². The second-order valence-electron chi connectivity index (χ2n) is 3.23. The lowest BCUT2D eigenvalue weighted by Crippen LogP contribution is -2.52. The van der Waals surface area contributed by atoms with Crippen molar-refractivity contribution >= 4 is 0 Å². The van der Waals surface area contributed by atoms with E-state index in [1.54, 1.807) is 5.12 Å². The Morgan fingerprint density at radius 3 is 3.21 bits per heavy atom. The molecular formula is C8H10N5O+. The highest BCUT2D eigenvalue weighted by atomic mass is 16.4. The summed E-state index contributed by atoms with van der Waals surface area (Å²) in [5, 5.41) is 5.49. The fourth-order valence-electron chi connectivity index (χ4n) is 1.74. The monoisotopic (exact) mass is 192 g/mol. The lowest BCUT2D eigenvalue weighted by Gasteiger charge is -2.32. The molecule has 1 atom stereocenters. The normalized spacial score (nSPS) is 30.4. The maximum atomic E-state index is 11.5. The molecule has 14 heavy (non-hydrogen) atoms. The van der Waals surface area contributed by atoms with E-state index in [9.17, 15) is 4.91 Å². The van der Waals surface area contributed by atoms with Gasteiger partial charge < -0.3 is 0 Å². The van der Waals surface area contributed by atoms with Gasteiger partial charge in [0.1, 0.15) is 0 Å². The van der Waals surface area contributed by atoms with Crippen LogP contribution in [0, 0.1) is 4.91 Å². The second kappa shape index (κ2) is 2.66. The highest BCUT2D eigenvalue weighted by Gasteiger charge is 2.48. The summed E-state index contributed by atoms with van der Waals surface area (Å²) in [6, 6.07) is 0. The molecule has 3 aliphatic rings. The Hall–Kier alpha value is -1.66. The third-order valence-corrected chi connectivity index (χ3v) is 2.34. The van der Waals surface area contributed by atoms with Gasteiger partial charge in [-0.2, -0.15) is 0 Å². The van der Waals surface area contributed by atoms with Crippen LogP contribution in [0.1, 0.15) is 0 Å². The predicted molar refractivity (Wildman–Crippen MR) is 48.4 cm³/mol. The van der Waals surface area contributed by atoms with Gasteiger partial charge in [0.2, 0.25) is 0 Å². The molecule has 1 N–H and O–H groups in total. The van der Waals surface area contributed by atoms with Gasteiger partial charge in [0.05, 0.1) is 11.5 Å². The highest BCUT2D eigenvalue weighted by molar-refractivity contribution is 5.10. The van der Waals surface area contributed by atoms with Gasteiger partial charge in [0.25, 0.3) is 0 Å². The van der Waals surface area contributed by atoms with Crippen LogP contribution in [0.15, 0.2) is 36.7 Å². The molecule has 3 aliphatic heterocycles. The fraction of sp³-hybridized carbons (Fsp3) is 0.250. The summed E-state index contributed by atoms with van der Waals surface area (Å²) < 4.78 is 0. The first-order valence-corrected chi connectivity index (χ1v) is 4.45. The zero-order valence-corrected chi connectivity index (χ0v) is 7.45. The van der Waals surface area contributed by atoms with Crippen molar-refractivity contribution in [3.05, 3.63) is 41.6 Å². The van der Waals surface area contributed by atoms with Crippen LogP contribution in [0.3, 0.4) is 0 Å². The average molecular weight is 192 g/mol.